The Kier molecular flexibility index (Phi) is 4.12. The molecule has 0 radical (unpaired) electrons. The molecule has 0 aromatic heterocycles. The summed E-state index contributed by atoms with van der Waals surface area (Å²) in [6, 6.07) is 18.1. The number of carbonyl (C=O) groups is 2. The Labute approximate surface area is 160 Å². The van der Waals surface area contributed by atoms with E-state index in [-0.39, 0.29) is 22.5 Å². The molecular weight excluding hydrogens is 358 g/mol. The van der Waals surface area contributed by atoms with Gasteiger partial charge in [-0.3, -0.25) is 19.7 Å². The topological polar surface area (TPSA) is 92.6 Å². The number of carbonyl (C=O) groups excluding carboxylic acids is 2. The number of non-ortho nitro benzene ring substituents is 1. The molecule has 7 nitrogen and oxygen atoms in total. The molecule has 0 bridgehead atoms. The van der Waals surface area contributed by atoms with Gasteiger partial charge in [-0.25, -0.2) is 4.90 Å². The maximum absolute atomic E-state index is 12.9. The Morgan fingerprint density at radius 2 is 1.57 bits per heavy atom. The largest absolute Gasteiger partial charge is 0.354 e. The van der Waals surface area contributed by atoms with Crippen LogP contribution in [0.2, 0.25) is 0 Å². The van der Waals surface area contributed by atoms with Crippen molar-refractivity contribution in [3.63, 3.8) is 0 Å². The summed E-state index contributed by atoms with van der Waals surface area (Å²) in [4.78, 5) is 37.4. The highest BCUT2D eigenvalue weighted by Gasteiger charge is 2.38. The molecule has 0 saturated heterocycles. The smallest absolute Gasteiger partial charge is 0.271 e. The highest BCUT2D eigenvalue weighted by Crippen LogP contribution is 2.37. The second-order valence-electron chi connectivity index (χ2n) is 6.44. The number of anilines is 3. The van der Waals surface area contributed by atoms with Gasteiger partial charge in [0, 0.05) is 17.8 Å². The molecule has 7 heteroatoms. The van der Waals surface area contributed by atoms with E-state index in [1.165, 1.54) is 18.2 Å². The lowest BCUT2D eigenvalue weighted by molar-refractivity contribution is -0.384. The lowest BCUT2D eigenvalue weighted by Crippen LogP contribution is -2.30. The first-order chi connectivity index (χ1) is 13.5. The Morgan fingerprint density at radius 3 is 2.18 bits per heavy atom. The summed E-state index contributed by atoms with van der Waals surface area (Å²) in [5, 5.41) is 14.4. The van der Waals surface area contributed by atoms with E-state index in [4.69, 9.17) is 0 Å². The Bertz CT molecular complexity index is 1100. The molecule has 1 aliphatic heterocycles. The number of nitro benzene ring substituents is 1. The van der Waals surface area contributed by atoms with E-state index in [0.29, 0.717) is 5.69 Å². The molecule has 2 amide bonds. The first kappa shape index (κ1) is 17.4. The first-order valence-corrected chi connectivity index (χ1v) is 8.55. The number of aryl methyl sites for hydroxylation is 1. The van der Waals surface area contributed by atoms with Crippen LogP contribution in [0.25, 0.3) is 0 Å². The molecule has 0 spiro atoms. The van der Waals surface area contributed by atoms with Gasteiger partial charge in [-0.15, -0.1) is 0 Å². The Morgan fingerprint density at radius 1 is 0.893 bits per heavy atom. The zero-order valence-electron chi connectivity index (χ0n) is 14.9. The van der Waals surface area contributed by atoms with Gasteiger partial charge >= 0.3 is 0 Å². The van der Waals surface area contributed by atoms with Crippen molar-refractivity contribution >= 4 is 34.6 Å². The van der Waals surface area contributed by atoms with Crippen LogP contribution in [0.4, 0.5) is 22.7 Å². The van der Waals surface area contributed by atoms with Crippen molar-refractivity contribution < 1.29 is 14.5 Å². The van der Waals surface area contributed by atoms with Crippen LogP contribution >= 0.6 is 0 Å². The van der Waals surface area contributed by atoms with Crippen LogP contribution in [-0.4, -0.2) is 16.7 Å². The molecule has 28 heavy (non-hydrogen) atoms. The van der Waals surface area contributed by atoms with Gasteiger partial charge in [0.05, 0.1) is 27.4 Å². The molecule has 3 aromatic carbocycles. The third kappa shape index (κ3) is 2.88. The minimum absolute atomic E-state index is 0.141. The number of nitrogens with one attached hydrogen (secondary N) is 1. The van der Waals surface area contributed by atoms with Crippen molar-refractivity contribution in [2.24, 2.45) is 0 Å². The number of nitro groups is 1. The number of amides is 2. The lowest BCUT2D eigenvalue weighted by atomic mass is 10.1. The quantitative estimate of drug-likeness (QED) is 0.414. The van der Waals surface area contributed by atoms with Crippen LogP contribution in [-0.2, 0) is 0 Å². The minimum atomic E-state index is -0.557. The Balaban J connectivity index is 1.83. The van der Waals surface area contributed by atoms with Gasteiger partial charge < -0.3 is 5.32 Å². The predicted octanol–water partition coefficient (Wildman–Crippen LogP) is 4.45. The van der Waals surface area contributed by atoms with Gasteiger partial charge in [0.15, 0.2) is 0 Å². The summed E-state index contributed by atoms with van der Waals surface area (Å²) in [6.07, 6.45) is 0. The standard InChI is InChI=1S/C21H15N3O4/c1-13-5-4-6-14(11-13)22-18-10-9-15(24(27)28)12-19(18)23-20(25)16-7-2-3-8-17(16)21(23)26/h2-12,22H,1H3. The van der Waals surface area contributed by atoms with Crippen molar-refractivity contribution in [3.05, 3.63) is 93.5 Å². The number of rotatable bonds is 4. The summed E-state index contributed by atoms with van der Waals surface area (Å²) < 4.78 is 0. The van der Waals surface area contributed by atoms with E-state index in [1.807, 2.05) is 31.2 Å². The van der Waals surface area contributed by atoms with Gasteiger partial charge in [0.1, 0.15) is 0 Å². The van der Waals surface area contributed by atoms with Crippen LogP contribution in [0.3, 0.4) is 0 Å². The highest BCUT2D eigenvalue weighted by molar-refractivity contribution is 6.35. The average molecular weight is 373 g/mol. The summed E-state index contributed by atoms with van der Waals surface area (Å²) >= 11 is 0. The van der Waals surface area contributed by atoms with Gasteiger partial charge in [-0.1, -0.05) is 24.3 Å². The van der Waals surface area contributed by atoms with E-state index >= 15 is 0 Å². The monoisotopic (exact) mass is 373 g/mol. The fraction of sp³-hybridized carbons (Fsp3) is 0.0476. The molecule has 1 aliphatic rings. The van der Waals surface area contributed by atoms with E-state index in [1.54, 1.807) is 24.3 Å². The first-order valence-electron chi connectivity index (χ1n) is 8.55. The minimum Gasteiger partial charge on any atom is -0.354 e. The van der Waals surface area contributed by atoms with Gasteiger partial charge in [0.25, 0.3) is 17.5 Å². The summed E-state index contributed by atoms with van der Waals surface area (Å²) in [5.74, 6) is -1.01. The fourth-order valence-electron chi connectivity index (χ4n) is 3.21. The third-order valence-corrected chi connectivity index (χ3v) is 4.52. The lowest BCUT2D eigenvalue weighted by Gasteiger charge is -2.19. The predicted molar refractivity (Wildman–Crippen MR) is 105 cm³/mol. The number of imide groups is 1. The van der Waals surface area contributed by atoms with E-state index < -0.39 is 16.7 Å². The molecule has 4 rings (SSSR count). The molecule has 3 aromatic rings. The molecular formula is C21H15N3O4. The number of benzene rings is 3. The number of nitrogens with zero attached hydrogens (tertiary/aromatic N) is 2. The SMILES string of the molecule is Cc1cccc(Nc2ccc([N+](=O)[O-])cc2N2C(=O)c3ccccc3C2=O)c1. The van der Waals surface area contributed by atoms with Gasteiger partial charge in [0.2, 0.25) is 0 Å². The highest BCUT2D eigenvalue weighted by atomic mass is 16.6. The van der Waals surface area contributed by atoms with E-state index in [2.05, 4.69) is 5.32 Å². The van der Waals surface area contributed by atoms with Crippen LogP contribution < -0.4 is 10.2 Å². The number of hydrogen-bond acceptors (Lipinski definition) is 5. The maximum Gasteiger partial charge on any atom is 0.271 e. The third-order valence-electron chi connectivity index (χ3n) is 4.52. The number of hydrogen-bond donors (Lipinski definition) is 1. The second-order valence-corrected chi connectivity index (χ2v) is 6.44. The molecule has 138 valence electrons. The molecule has 0 atom stereocenters. The van der Waals surface area contributed by atoms with E-state index in [9.17, 15) is 19.7 Å². The summed E-state index contributed by atoms with van der Waals surface area (Å²) in [6.45, 7) is 1.94. The fourth-order valence-corrected chi connectivity index (χ4v) is 3.21. The van der Waals surface area contributed by atoms with Crippen molar-refractivity contribution in [2.75, 3.05) is 10.2 Å². The molecule has 0 fully saturated rings. The maximum atomic E-state index is 12.9. The molecule has 0 aliphatic carbocycles. The van der Waals surface area contributed by atoms with Crippen molar-refractivity contribution in [3.8, 4) is 0 Å². The zero-order valence-corrected chi connectivity index (χ0v) is 14.9. The summed E-state index contributed by atoms with van der Waals surface area (Å²) in [5.41, 5.74) is 2.68. The van der Waals surface area contributed by atoms with Crippen LogP contribution in [0, 0.1) is 17.0 Å². The molecule has 1 N–H and O–H groups in total. The van der Waals surface area contributed by atoms with Crippen molar-refractivity contribution in [1.82, 2.24) is 0 Å². The average Bonchev–Trinajstić information content (AvgIpc) is 2.93. The number of fused-ring (bicyclic) bond motifs is 1. The Hall–Kier alpha value is -4.00. The van der Waals surface area contributed by atoms with Crippen molar-refractivity contribution in [2.45, 2.75) is 6.92 Å². The summed E-state index contributed by atoms with van der Waals surface area (Å²) in [7, 11) is 0. The van der Waals surface area contributed by atoms with E-state index in [0.717, 1.165) is 16.2 Å². The van der Waals surface area contributed by atoms with Crippen LogP contribution in [0.1, 0.15) is 26.3 Å². The molecule has 0 saturated carbocycles. The normalized spacial score (nSPS) is 12.8. The van der Waals surface area contributed by atoms with Crippen molar-refractivity contribution in [1.29, 1.82) is 0 Å². The van der Waals surface area contributed by atoms with Gasteiger partial charge in [-0.2, -0.15) is 0 Å². The zero-order chi connectivity index (χ0) is 19.8. The molecule has 1 heterocycles. The van der Waals surface area contributed by atoms with Crippen LogP contribution in [0.5, 0.6) is 0 Å². The molecule has 0 unspecified atom stereocenters. The van der Waals surface area contributed by atoms with Gasteiger partial charge in [-0.05, 0) is 42.8 Å². The second kappa shape index (κ2) is 6.62. The van der Waals surface area contributed by atoms with Crippen LogP contribution in [0.15, 0.2) is 66.7 Å².